The molecule has 1 aromatic carbocycles. The summed E-state index contributed by atoms with van der Waals surface area (Å²) in [6, 6.07) is 9.80. The number of aromatic nitrogens is 4. The van der Waals surface area contributed by atoms with Crippen LogP contribution in [-0.4, -0.2) is 19.6 Å². The second kappa shape index (κ2) is 4.70. The van der Waals surface area contributed by atoms with E-state index in [0.717, 1.165) is 11.1 Å². The third kappa shape index (κ3) is 1.77. The highest BCUT2D eigenvalue weighted by Gasteiger charge is 2.18. The molecule has 22 heavy (non-hydrogen) atoms. The molecule has 0 fully saturated rings. The molecule has 3 heterocycles. The number of fused-ring (bicyclic) bond motifs is 1. The van der Waals surface area contributed by atoms with Crippen LogP contribution in [0.4, 0.5) is 0 Å². The Bertz CT molecular complexity index is 998. The molecule has 3 aromatic heterocycles. The molecule has 0 aliphatic heterocycles. The van der Waals surface area contributed by atoms with E-state index in [4.69, 9.17) is 4.42 Å². The summed E-state index contributed by atoms with van der Waals surface area (Å²) < 4.78 is 6.65. The number of aryl methyl sites for hydroxylation is 1. The molecular weight excluding hydrogens is 280 g/mol. The first-order valence-electron chi connectivity index (χ1n) is 6.82. The zero-order valence-electron chi connectivity index (χ0n) is 11.8. The number of rotatable bonds is 2. The summed E-state index contributed by atoms with van der Waals surface area (Å²) in [7, 11) is 0. The fourth-order valence-electron chi connectivity index (χ4n) is 2.54. The van der Waals surface area contributed by atoms with E-state index >= 15 is 0 Å². The Morgan fingerprint density at radius 2 is 2.05 bits per heavy atom. The van der Waals surface area contributed by atoms with Crippen LogP contribution in [0.1, 0.15) is 5.69 Å². The average molecular weight is 292 g/mol. The molecule has 0 bridgehead atoms. The van der Waals surface area contributed by atoms with Gasteiger partial charge in [-0.25, -0.2) is 14.5 Å². The topological polar surface area (TPSA) is 76.2 Å². The lowest BCUT2D eigenvalue weighted by Crippen LogP contribution is -2.19. The summed E-state index contributed by atoms with van der Waals surface area (Å²) in [6.45, 7) is 1.78. The Labute approximate surface area is 125 Å². The van der Waals surface area contributed by atoms with Gasteiger partial charge >= 0.3 is 0 Å². The summed E-state index contributed by atoms with van der Waals surface area (Å²) in [5.74, 6) is 0.278. The molecule has 4 aromatic rings. The van der Waals surface area contributed by atoms with Crippen molar-refractivity contribution in [3.05, 3.63) is 65.0 Å². The van der Waals surface area contributed by atoms with Gasteiger partial charge in [-0.2, -0.15) is 0 Å². The predicted molar refractivity (Wildman–Crippen MR) is 81.5 cm³/mol. The molecule has 6 nitrogen and oxygen atoms in total. The van der Waals surface area contributed by atoms with Crippen LogP contribution in [-0.2, 0) is 0 Å². The maximum absolute atomic E-state index is 12.7. The predicted octanol–water partition coefficient (Wildman–Crippen LogP) is 2.65. The van der Waals surface area contributed by atoms with Gasteiger partial charge in [-0.15, -0.1) is 0 Å². The number of nitrogens with zero attached hydrogens (tertiary/aromatic N) is 3. The number of aromatic amines is 1. The van der Waals surface area contributed by atoms with Gasteiger partial charge in [0.25, 0.3) is 5.56 Å². The Hall–Kier alpha value is -3.15. The molecule has 0 aliphatic carbocycles. The van der Waals surface area contributed by atoms with E-state index < -0.39 is 0 Å². The zero-order valence-corrected chi connectivity index (χ0v) is 11.8. The van der Waals surface area contributed by atoms with E-state index in [0.29, 0.717) is 16.9 Å². The van der Waals surface area contributed by atoms with Crippen molar-refractivity contribution >= 4 is 5.65 Å². The molecule has 0 saturated carbocycles. The Morgan fingerprint density at radius 3 is 2.77 bits per heavy atom. The van der Waals surface area contributed by atoms with Gasteiger partial charge in [-0.05, 0) is 12.5 Å². The molecule has 1 N–H and O–H groups in total. The van der Waals surface area contributed by atoms with Gasteiger partial charge in [0.2, 0.25) is 5.89 Å². The number of nitrogens with one attached hydrogen (secondary N) is 1. The van der Waals surface area contributed by atoms with Crippen molar-refractivity contribution in [2.45, 2.75) is 6.92 Å². The fourth-order valence-corrected chi connectivity index (χ4v) is 2.54. The molecular formula is C16H12N4O2. The normalized spacial score (nSPS) is 11.1. The van der Waals surface area contributed by atoms with Crippen molar-refractivity contribution in [1.29, 1.82) is 0 Å². The standard InChI is InChI=1S/C16H12N4O2/c1-10-13(15-17-7-8-22-15)16(21)20-14(19-10)12(9-18-20)11-5-3-2-4-6-11/h2-9,18H,1H3. The maximum Gasteiger partial charge on any atom is 0.285 e. The molecule has 0 atom stereocenters. The Morgan fingerprint density at radius 1 is 1.23 bits per heavy atom. The third-order valence-corrected chi connectivity index (χ3v) is 3.57. The summed E-state index contributed by atoms with van der Waals surface area (Å²) in [5.41, 5.74) is 3.18. The van der Waals surface area contributed by atoms with Gasteiger partial charge in [0.05, 0.1) is 11.9 Å². The molecule has 6 heteroatoms. The number of oxazole rings is 1. The molecule has 0 spiro atoms. The van der Waals surface area contributed by atoms with Crippen LogP contribution in [0.2, 0.25) is 0 Å². The minimum Gasteiger partial charge on any atom is -0.444 e. The van der Waals surface area contributed by atoms with Crippen molar-refractivity contribution in [2.75, 3.05) is 0 Å². The smallest absolute Gasteiger partial charge is 0.285 e. The molecule has 0 aliphatic rings. The molecule has 0 radical (unpaired) electrons. The minimum absolute atomic E-state index is 0.230. The highest BCUT2D eigenvalue weighted by molar-refractivity contribution is 5.77. The number of H-pyrrole nitrogens is 1. The van der Waals surface area contributed by atoms with Gasteiger partial charge in [0.1, 0.15) is 11.8 Å². The number of hydrogen-bond donors (Lipinski definition) is 1. The summed E-state index contributed by atoms with van der Waals surface area (Å²) in [6.07, 6.45) is 4.72. The summed E-state index contributed by atoms with van der Waals surface area (Å²) in [4.78, 5) is 21.3. The first-order valence-corrected chi connectivity index (χ1v) is 6.82. The quantitative estimate of drug-likeness (QED) is 0.616. The highest BCUT2D eigenvalue weighted by atomic mass is 16.3. The van der Waals surface area contributed by atoms with Crippen LogP contribution >= 0.6 is 0 Å². The van der Waals surface area contributed by atoms with Crippen LogP contribution in [0.5, 0.6) is 0 Å². The van der Waals surface area contributed by atoms with Crippen LogP contribution in [0, 0.1) is 6.92 Å². The molecule has 4 rings (SSSR count). The lowest BCUT2D eigenvalue weighted by Gasteiger charge is -2.03. The number of benzene rings is 1. The summed E-state index contributed by atoms with van der Waals surface area (Å²) >= 11 is 0. The zero-order chi connectivity index (χ0) is 15.1. The summed E-state index contributed by atoms with van der Waals surface area (Å²) in [5, 5.41) is 2.96. The first-order chi connectivity index (χ1) is 10.8. The second-order valence-corrected chi connectivity index (χ2v) is 4.93. The van der Waals surface area contributed by atoms with Crippen LogP contribution in [0.25, 0.3) is 28.2 Å². The second-order valence-electron chi connectivity index (χ2n) is 4.93. The first kappa shape index (κ1) is 12.6. The Balaban J connectivity index is 2.02. The van der Waals surface area contributed by atoms with Gasteiger partial charge in [-0.1, -0.05) is 30.3 Å². The third-order valence-electron chi connectivity index (χ3n) is 3.57. The van der Waals surface area contributed by atoms with E-state index in [2.05, 4.69) is 15.1 Å². The van der Waals surface area contributed by atoms with Crippen molar-refractivity contribution in [1.82, 2.24) is 19.6 Å². The van der Waals surface area contributed by atoms with Crippen LogP contribution in [0.15, 0.2) is 58.2 Å². The van der Waals surface area contributed by atoms with Gasteiger partial charge in [-0.3, -0.25) is 9.89 Å². The van der Waals surface area contributed by atoms with Crippen LogP contribution in [0.3, 0.4) is 0 Å². The van der Waals surface area contributed by atoms with Gasteiger partial charge in [0.15, 0.2) is 5.65 Å². The number of hydrogen-bond acceptors (Lipinski definition) is 4. The van der Waals surface area contributed by atoms with Crippen molar-refractivity contribution in [3.63, 3.8) is 0 Å². The fraction of sp³-hybridized carbons (Fsp3) is 0.0625. The molecule has 0 amide bonds. The van der Waals surface area contributed by atoms with E-state index in [1.165, 1.54) is 17.0 Å². The average Bonchev–Trinajstić information content (AvgIpc) is 3.18. The minimum atomic E-state index is -0.230. The van der Waals surface area contributed by atoms with Gasteiger partial charge in [0, 0.05) is 11.8 Å². The van der Waals surface area contributed by atoms with Crippen molar-refractivity contribution in [3.8, 4) is 22.6 Å². The molecule has 0 saturated heterocycles. The maximum atomic E-state index is 12.7. The SMILES string of the molecule is Cc1nc2c(-c3ccccc3)c[nH]n2c(=O)c1-c1ncco1. The van der Waals surface area contributed by atoms with E-state index in [-0.39, 0.29) is 11.4 Å². The lowest BCUT2D eigenvalue weighted by molar-refractivity contribution is 0.572. The van der Waals surface area contributed by atoms with Crippen molar-refractivity contribution < 1.29 is 4.42 Å². The van der Waals surface area contributed by atoms with Gasteiger partial charge < -0.3 is 4.42 Å². The highest BCUT2D eigenvalue weighted by Crippen LogP contribution is 2.24. The van der Waals surface area contributed by atoms with E-state index in [9.17, 15) is 4.79 Å². The largest absolute Gasteiger partial charge is 0.444 e. The lowest BCUT2D eigenvalue weighted by atomic mass is 10.1. The molecule has 0 unspecified atom stereocenters. The van der Waals surface area contributed by atoms with E-state index in [1.807, 2.05) is 30.3 Å². The monoisotopic (exact) mass is 292 g/mol. The van der Waals surface area contributed by atoms with Crippen LogP contribution < -0.4 is 5.56 Å². The van der Waals surface area contributed by atoms with E-state index in [1.54, 1.807) is 13.1 Å². The van der Waals surface area contributed by atoms with Crippen molar-refractivity contribution in [2.24, 2.45) is 0 Å². The molecule has 108 valence electrons. The Kier molecular flexibility index (Phi) is 2.69.